The Balaban J connectivity index is 1.31. The lowest BCUT2D eigenvalue weighted by molar-refractivity contribution is -0.132. The summed E-state index contributed by atoms with van der Waals surface area (Å²) in [4.78, 5) is 17.2. The second-order valence-electron chi connectivity index (χ2n) is 7.39. The summed E-state index contributed by atoms with van der Waals surface area (Å²) in [5.74, 6) is 0.259. The fraction of sp³-hybridized carbons (Fsp3) is 0.409. The van der Waals surface area contributed by atoms with Crippen LogP contribution in [0, 0.1) is 0 Å². The number of aryl methyl sites for hydroxylation is 1. The summed E-state index contributed by atoms with van der Waals surface area (Å²) in [5, 5.41) is 0. The Bertz CT molecular complexity index is 769. The van der Waals surface area contributed by atoms with Crippen LogP contribution in [0.2, 0.25) is 0 Å². The average Bonchev–Trinajstić information content (AvgIpc) is 2.68. The van der Waals surface area contributed by atoms with Crippen molar-refractivity contribution < 1.29 is 4.79 Å². The van der Waals surface area contributed by atoms with E-state index >= 15 is 0 Å². The monoisotopic (exact) mass is 412 g/mol. The van der Waals surface area contributed by atoms with Gasteiger partial charge in [-0.15, -0.1) is 0 Å². The van der Waals surface area contributed by atoms with Crippen molar-refractivity contribution in [2.45, 2.75) is 31.7 Å². The second kappa shape index (κ2) is 7.93. The zero-order valence-electron chi connectivity index (χ0n) is 15.0. The minimum Gasteiger partial charge on any atom is -0.340 e. The van der Waals surface area contributed by atoms with E-state index in [2.05, 4.69) is 39.0 Å². The van der Waals surface area contributed by atoms with Gasteiger partial charge in [-0.1, -0.05) is 52.3 Å². The van der Waals surface area contributed by atoms with Gasteiger partial charge in [0.25, 0.3) is 0 Å². The zero-order chi connectivity index (χ0) is 17.9. The van der Waals surface area contributed by atoms with Gasteiger partial charge in [-0.05, 0) is 48.1 Å². The fourth-order valence-corrected chi connectivity index (χ4v) is 4.64. The first-order valence-corrected chi connectivity index (χ1v) is 10.3. The Morgan fingerprint density at radius 1 is 1.00 bits per heavy atom. The summed E-state index contributed by atoms with van der Waals surface area (Å²) in [7, 11) is 0. The standard InChI is InChI=1S/C22H25BrN2O/c23-20-8-6-19-16-21(9-7-18(19)15-20)24-10-12-25(13-11-24)22(26)14-17-4-2-1-3-5-17/h1-6,8,15,21H,7,9-14,16H2. The highest BCUT2D eigenvalue weighted by molar-refractivity contribution is 9.10. The number of halogens is 1. The van der Waals surface area contributed by atoms with Crippen LogP contribution in [0.25, 0.3) is 0 Å². The van der Waals surface area contributed by atoms with E-state index < -0.39 is 0 Å². The lowest BCUT2D eigenvalue weighted by Crippen LogP contribution is -2.53. The lowest BCUT2D eigenvalue weighted by atomic mass is 9.87. The molecule has 1 amide bonds. The number of hydrogen-bond donors (Lipinski definition) is 0. The van der Waals surface area contributed by atoms with Crippen LogP contribution in [-0.4, -0.2) is 47.9 Å². The number of carbonyl (C=O) groups is 1. The van der Waals surface area contributed by atoms with E-state index in [1.807, 2.05) is 35.2 Å². The molecule has 4 rings (SSSR count). The number of nitrogens with zero attached hydrogens (tertiary/aromatic N) is 2. The van der Waals surface area contributed by atoms with Gasteiger partial charge in [0.15, 0.2) is 0 Å². The van der Waals surface area contributed by atoms with E-state index in [1.165, 1.54) is 22.0 Å². The predicted molar refractivity (Wildman–Crippen MR) is 108 cm³/mol. The molecular weight excluding hydrogens is 388 g/mol. The van der Waals surface area contributed by atoms with Crippen LogP contribution in [-0.2, 0) is 24.1 Å². The number of fused-ring (bicyclic) bond motifs is 1. The SMILES string of the molecule is O=C(Cc1ccccc1)N1CCN(C2CCc3cc(Br)ccc3C2)CC1. The molecule has 0 spiro atoms. The molecule has 0 aromatic heterocycles. The third-order valence-corrected chi connectivity index (χ3v) is 6.25. The van der Waals surface area contributed by atoms with Gasteiger partial charge in [0, 0.05) is 36.7 Å². The molecule has 1 atom stereocenters. The first kappa shape index (κ1) is 17.7. The Hall–Kier alpha value is -1.65. The summed E-state index contributed by atoms with van der Waals surface area (Å²) < 4.78 is 1.18. The number of hydrogen-bond acceptors (Lipinski definition) is 2. The quantitative estimate of drug-likeness (QED) is 0.767. The number of carbonyl (C=O) groups excluding carboxylic acids is 1. The molecule has 2 aliphatic rings. The topological polar surface area (TPSA) is 23.6 Å². The van der Waals surface area contributed by atoms with Crippen LogP contribution < -0.4 is 0 Å². The van der Waals surface area contributed by atoms with Gasteiger partial charge >= 0.3 is 0 Å². The van der Waals surface area contributed by atoms with Gasteiger partial charge in [-0.25, -0.2) is 0 Å². The maximum Gasteiger partial charge on any atom is 0.227 e. The van der Waals surface area contributed by atoms with Gasteiger partial charge in [-0.2, -0.15) is 0 Å². The Kier molecular flexibility index (Phi) is 5.41. The molecule has 0 bridgehead atoms. The summed E-state index contributed by atoms with van der Waals surface area (Å²) in [6, 6.07) is 17.4. The molecule has 0 radical (unpaired) electrons. The van der Waals surface area contributed by atoms with Crippen molar-refractivity contribution in [3.8, 4) is 0 Å². The molecule has 2 aromatic rings. The minimum absolute atomic E-state index is 0.259. The number of piperazine rings is 1. The van der Waals surface area contributed by atoms with E-state index in [-0.39, 0.29) is 5.91 Å². The molecule has 3 nitrogen and oxygen atoms in total. The first-order valence-electron chi connectivity index (χ1n) is 9.52. The Morgan fingerprint density at radius 3 is 2.54 bits per heavy atom. The van der Waals surface area contributed by atoms with Crippen molar-refractivity contribution in [1.29, 1.82) is 0 Å². The second-order valence-corrected chi connectivity index (χ2v) is 8.30. The van der Waals surface area contributed by atoms with Crippen LogP contribution in [0.4, 0.5) is 0 Å². The molecule has 26 heavy (non-hydrogen) atoms. The van der Waals surface area contributed by atoms with Crippen molar-refractivity contribution in [2.75, 3.05) is 26.2 Å². The Labute approximate surface area is 164 Å². The summed E-state index contributed by atoms with van der Waals surface area (Å²) in [6.07, 6.45) is 4.04. The maximum absolute atomic E-state index is 12.5. The maximum atomic E-state index is 12.5. The van der Waals surface area contributed by atoms with Crippen molar-refractivity contribution in [1.82, 2.24) is 9.80 Å². The lowest BCUT2D eigenvalue weighted by Gasteiger charge is -2.41. The normalized spacial score (nSPS) is 20.7. The van der Waals surface area contributed by atoms with Gasteiger partial charge in [0.1, 0.15) is 0 Å². The van der Waals surface area contributed by atoms with E-state index in [4.69, 9.17) is 0 Å². The molecular formula is C22H25BrN2O. The highest BCUT2D eigenvalue weighted by Crippen LogP contribution is 2.27. The summed E-state index contributed by atoms with van der Waals surface area (Å²) >= 11 is 3.58. The highest BCUT2D eigenvalue weighted by atomic mass is 79.9. The van der Waals surface area contributed by atoms with Crippen molar-refractivity contribution >= 4 is 21.8 Å². The third kappa shape index (κ3) is 4.02. The number of rotatable bonds is 3. The van der Waals surface area contributed by atoms with Crippen LogP contribution in [0.1, 0.15) is 23.1 Å². The predicted octanol–water partition coefficient (Wildman–Crippen LogP) is 3.69. The molecule has 1 aliphatic heterocycles. The van der Waals surface area contributed by atoms with Gasteiger partial charge in [0.05, 0.1) is 6.42 Å². The van der Waals surface area contributed by atoms with Crippen LogP contribution >= 0.6 is 15.9 Å². The van der Waals surface area contributed by atoms with Gasteiger partial charge in [0.2, 0.25) is 5.91 Å². The van der Waals surface area contributed by atoms with E-state index in [0.717, 1.165) is 44.6 Å². The van der Waals surface area contributed by atoms with Crippen molar-refractivity contribution in [2.24, 2.45) is 0 Å². The molecule has 136 valence electrons. The van der Waals surface area contributed by atoms with Crippen molar-refractivity contribution in [3.05, 3.63) is 69.7 Å². The summed E-state index contributed by atoms with van der Waals surface area (Å²) in [5.41, 5.74) is 4.09. The zero-order valence-corrected chi connectivity index (χ0v) is 16.6. The highest BCUT2D eigenvalue weighted by Gasteiger charge is 2.28. The molecule has 0 saturated carbocycles. The molecule has 2 aromatic carbocycles. The minimum atomic E-state index is 0.259. The van der Waals surface area contributed by atoms with Crippen LogP contribution in [0.3, 0.4) is 0 Å². The average molecular weight is 413 g/mol. The molecule has 1 aliphatic carbocycles. The molecule has 1 heterocycles. The van der Waals surface area contributed by atoms with Crippen LogP contribution in [0.5, 0.6) is 0 Å². The fourth-order valence-electron chi connectivity index (χ4n) is 4.23. The summed E-state index contributed by atoms with van der Waals surface area (Å²) in [6.45, 7) is 3.71. The molecule has 1 unspecified atom stereocenters. The van der Waals surface area contributed by atoms with Crippen molar-refractivity contribution in [3.63, 3.8) is 0 Å². The molecule has 1 fully saturated rings. The largest absolute Gasteiger partial charge is 0.340 e. The Morgan fingerprint density at radius 2 is 1.77 bits per heavy atom. The van der Waals surface area contributed by atoms with E-state index in [0.29, 0.717) is 12.5 Å². The number of benzene rings is 2. The first-order chi connectivity index (χ1) is 12.7. The van der Waals surface area contributed by atoms with Gasteiger partial charge < -0.3 is 4.90 Å². The number of amides is 1. The van der Waals surface area contributed by atoms with Crippen LogP contribution in [0.15, 0.2) is 53.0 Å². The van der Waals surface area contributed by atoms with Gasteiger partial charge in [-0.3, -0.25) is 9.69 Å². The van der Waals surface area contributed by atoms with E-state index in [1.54, 1.807) is 0 Å². The third-order valence-electron chi connectivity index (χ3n) is 5.75. The van der Waals surface area contributed by atoms with E-state index in [9.17, 15) is 4.79 Å². The smallest absolute Gasteiger partial charge is 0.227 e. The molecule has 4 heteroatoms. The molecule has 1 saturated heterocycles. The molecule has 0 N–H and O–H groups in total.